The fraction of sp³-hybridized carbons (Fsp3) is 0.343. The zero-order valence-electron chi connectivity index (χ0n) is 28.5. The van der Waals surface area contributed by atoms with Crippen LogP contribution in [0.25, 0.3) is 10.8 Å². The number of morpholine rings is 1. The Morgan fingerprint density at radius 1 is 1.02 bits per heavy atom. The third-order valence-corrected chi connectivity index (χ3v) is 9.92. The molecule has 4 aromatic rings. The molecule has 52 heavy (non-hydrogen) atoms. The summed E-state index contributed by atoms with van der Waals surface area (Å²) in [5.74, 6) is -3.49. The number of nitrogens with one attached hydrogen (secondary N) is 2. The van der Waals surface area contributed by atoms with E-state index >= 15 is 0 Å². The number of aromatic nitrogens is 1. The predicted molar refractivity (Wildman–Crippen MR) is 185 cm³/mol. The van der Waals surface area contributed by atoms with Crippen LogP contribution in [0, 0.1) is 0 Å². The smallest absolute Gasteiger partial charge is 0.490 e. The van der Waals surface area contributed by atoms with Crippen molar-refractivity contribution in [3.8, 4) is 11.5 Å². The Bertz CT molecular complexity index is 2040. The number of rotatable bonds is 13. The number of amides is 1. The van der Waals surface area contributed by atoms with E-state index in [0.717, 1.165) is 0 Å². The fourth-order valence-corrected chi connectivity index (χ4v) is 7.17. The summed E-state index contributed by atoms with van der Waals surface area (Å²) < 4.78 is 92.5. The van der Waals surface area contributed by atoms with Crippen molar-refractivity contribution in [1.82, 2.24) is 14.6 Å². The number of sulfonamides is 1. The number of benzene rings is 3. The van der Waals surface area contributed by atoms with Crippen molar-refractivity contribution in [2.24, 2.45) is 0 Å². The van der Waals surface area contributed by atoms with Gasteiger partial charge in [0, 0.05) is 42.5 Å². The summed E-state index contributed by atoms with van der Waals surface area (Å²) in [6.07, 6.45) is -4.43. The monoisotopic (exact) mass is 745 g/mol. The lowest BCUT2D eigenvalue weighted by molar-refractivity contribution is -0.213. The Balaban J connectivity index is 1.64. The molecule has 1 fully saturated rings. The first-order valence-electron chi connectivity index (χ1n) is 16.3. The standard InChI is InChI=1S/C35H38F3N5O8S/c1-4-49-29-20-25(9-12-28(29)50-22(2)3)34(51-33(45)35(36,37)38,42-26-10-11-27-23(19-26)13-14-40-31(27)39)32(44)41-21-24-7-5-6-8-30(24)52(46,47)43-15-17-48-18-16-43/h5-14,19-20,22,42H,4,15-18,21H2,1-3H3,(H2,39,40)(H,41,44). The molecule has 1 saturated heterocycles. The molecule has 0 bridgehead atoms. The molecule has 1 amide bonds. The first-order chi connectivity index (χ1) is 24.7. The van der Waals surface area contributed by atoms with Crippen LogP contribution in [0.15, 0.2) is 77.8 Å². The zero-order chi connectivity index (χ0) is 37.7. The maximum absolute atomic E-state index is 14.5. The molecule has 1 unspecified atom stereocenters. The van der Waals surface area contributed by atoms with Gasteiger partial charge in [-0.3, -0.25) is 4.79 Å². The summed E-state index contributed by atoms with van der Waals surface area (Å²) in [6.45, 7) is 5.41. The van der Waals surface area contributed by atoms with Crippen molar-refractivity contribution in [2.75, 3.05) is 44.0 Å². The number of anilines is 2. The zero-order valence-corrected chi connectivity index (χ0v) is 29.3. The van der Waals surface area contributed by atoms with Gasteiger partial charge in [-0.15, -0.1) is 0 Å². The van der Waals surface area contributed by atoms with Crippen LogP contribution in [-0.2, 0) is 41.4 Å². The number of hydrogen-bond acceptors (Lipinski definition) is 11. The summed E-state index contributed by atoms with van der Waals surface area (Å²) >= 11 is 0. The maximum Gasteiger partial charge on any atom is 0.491 e. The first kappa shape index (κ1) is 38.1. The number of carbonyl (C=O) groups excluding carboxylic acids is 2. The third kappa shape index (κ3) is 8.32. The molecule has 0 aliphatic carbocycles. The average molecular weight is 746 g/mol. The highest BCUT2D eigenvalue weighted by Crippen LogP contribution is 2.38. The van der Waals surface area contributed by atoms with Gasteiger partial charge in [-0.05, 0) is 80.3 Å². The van der Waals surface area contributed by atoms with Gasteiger partial charge in [0.1, 0.15) is 5.82 Å². The Labute approximate surface area is 298 Å². The lowest BCUT2D eigenvalue weighted by Gasteiger charge is -2.35. The second-order valence-electron chi connectivity index (χ2n) is 11.9. The minimum Gasteiger partial charge on any atom is -0.490 e. The van der Waals surface area contributed by atoms with Crippen molar-refractivity contribution in [3.63, 3.8) is 0 Å². The summed E-state index contributed by atoms with van der Waals surface area (Å²) in [5.41, 5.74) is 2.99. The number of nitrogens with zero attached hydrogens (tertiary/aromatic N) is 2. The Morgan fingerprint density at radius 2 is 1.75 bits per heavy atom. The molecular formula is C35H38F3N5O8S. The van der Waals surface area contributed by atoms with Gasteiger partial charge in [0.2, 0.25) is 10.0 Å². The highest BCUT2D eigenvalue weighted by atomic mass is 32.2. The molecule has 13 nitrogen and oxygen atoms in total. The number of ether oxygens (including phenoxy) is 4. The van der Waals surface area contributed by atoms with Gasteiger partial charge < -0.3 is 35.3 Å². The van der Waals surface area contributed by atoms with E-state index in [2.05, 4.69) is 15.6 Å². The normalized spacial score (nSPS) is 15.1. The van der Waals surface area contributed by atoms with E-state index < -0.39 is 40.3 Å². The Morgan fingerprint density at radius 3 is 2.44 bits per heavy atom. The third-order valence-electron chi connectivity index (χ3n) is 7.93. The quantitative estimate of drug-likeness (QED) is 0.128. The fourth-order valence-electron chi connectivity index (χ4n) is 5.54. The van der Waals surface area contributed by atoms with Crippen LogP contribution >= 0.6 is 0 Å². The van der Waals surface area contributed by atoms with E-state index in [9.17, 15) is 31.2 Å². The van der Waals surface area contributed by atoms with Crippen LogP contribution < -0.4 is 25.8 Å². The Hall–Kier alpha value is -5.13. The van der Waals surface area contributed by atoms with Gasteiger partial charge in [-0.2, -0.15) is 17.5 Å². The minimum absolute atomic E-state index is 0.0510. The van der Waals surface area contributed by atoms with E-state index in [-0.39, 0.29) is 78.0 Å². The molecule has 0 radical (unpaired) electrons. The molecule has 2 heterocycles. The van der Waals surface area contributed by atoms with Gasteiger partial charge in [-0.25, -0.2) is 18.2 Å². The number of hydrogen-bond donors (Lipinski definition) is 3. The predicted octanol–water partition coefficient (Wildman–Crippen LogP) is 4.71. The van der Waals surface area contributed by atoms with Gasteiger partial charge in [0.15, 0.2) is 11.5 Å². The Kier molecular flexibility index (Phi) is 11.5. The topological polar surface area (TPSA) is 171 Å². The molecule has 1 aliphatic heterocycles. The van der Waals surface area contributed by atoms with E-state index in [1.165, 1.54) is 65.1 Å². The summed E-state index contributed by atoms with van der Waals surface area (Å²) in [7, 11) is -4.06. The van der Waals surface area contributed by atoms with E-state index in [4.69, 9.17) is 24.7 Å². The number of alkyl halides is 3. The molecule has 4 N–H and O–H groups in total. The van der Waals surface area contributed by atoms with Crippen LogP contribution in [0.1, 0.15) is 31.9 Å². The molecular weight excluding hydrogens is 707 g/mol. The molecule has 1 aromatic heterocycles. The van der Waals surface area contributed by atoms with Crippen LogP contribution in [0.5, 0.6) is 11.5 Å². The molecule has 1 atom stereocenters. The number of pyridine rings is 1. The summed E-state index contributed by atoms with van der Waals surface area (Å²) in [4.78, 5) is 31.2. The number of carbonyl (C=O) groups is 2. The first-order valence-corrected chi connectivity index (χ1v) is 17.7. The second-order valence-corrected chi connectivity index (χ2v) is 13.8. The number of esters is 1. The number of fused-ring (bicyclic) bond motifs is 1. The number of nitrogen functional groups attached to an aromatic ring is 1. The van der Waals surface area contributed by atoms with E-state index in [0.29, 0.717) is 10.8 Å². The lowest BCUT2D eigenvalue weighted by atomic mass is 9.99. The van der Waals surface area contributed by atoms with E-state index in [1.54, 1.807) is 32.9 Å². The minimum atomic E-state index is -5.53. The van der Waals surface area contributed by atoms with Crippen molar-refractivity contribution in [3.05, 3.63) is 84.1 Å². The highest BCUT2D eigenvalue weighted by molar-refractivity contribution is 7.89. The van der Waals surface area contributed by atoms with Crippen LogP contribution in [-0.4, -0.2) is 74.8 Å². The number of nitrogens with two attached hydrogens (primary N) is 1. The molecule has 17 heteroatoms. The molecule has 3 aromatic carbocycles. The molecule has 5 rings (SSSR count). The van der Waals surface area contributed by atoms with Crippen molar-refractivity contribution < 1.29 is 50.1 Å². The van der Waals surface area contributed by atoms with Gasteiger partial charge >= 0.3 is 12.1 Å². The summed E-state index contributed by atoms with van der Waals surface area (Å²) in [6, 6.07) is 15.8. The van der Waals surface area contributed by atoms with Crippen molar-refractivity contribution >= 4 is 44.2 Å². The molecule has 0 saturated carbocycles. The molecule has 278 valence electrons. The van der Waals surface area contributed by atoms with Gasteiger partial charge in [-0.1, -0.05) is 18.2 Å². The second kappa shape index (κ2) is 15.6. The molecule has 0 spiro atoms. The van der Waals surface area contributed by atoms with Crippen molar-refractivity contribution in [1.29, 1.82) is 0 Å². The van der Waals surface area contributed by atoms with E-state index in [1.807, 2.05) is 0 Å². The van der Waals surface area contributed by atoms with Gasteiger partial charge in [0.25, 0.3) is 11.6 Å². The van der Waals surface area contributed by atoms with Crippen LogP contribution in [0.2, 0.25) is 0 Å². The molecule has 1 aliphatic rings. The van der Waals surface area contributed by atoms with Crippen LogP contribution in [0.3, 0.4) is 0 Å². The van der Waals surface area contributed by atoms with Crippen LogP contribution in [0.4, 0.5) is 24.7 Å². The number of halogens is 3. The largest absolute Gasteiger partial charge is 0.491 e. The summed E-state index contributed by atoms with van der Waals surface area (Å²) in [5, 5.41) is 6.27. The highest BCUT2D eigenvalue weighted by Gasteiger charge is 2.52. The maximum atomic E-state index is 14.5. The SMILES string of the molecule is CCOc1cc(C(Nc2ccc3c(N)nccc3c2)(OC(=O)C(F)(F)F)C(=O)NCc2ccccc2S(=O)(=O)N2CCOCC2)ccc1OC(C)C. The lowest BCUT2D eigenvalue weighted by Crippen LogP contribution is -2.54. The van der Waals surface area contributed by atoms with Crippen molar-refractivity contribution in [2.45, 2.75) is 50.2 Å². The van der Waals surface area contributed by atoms with Gasteiger partial charge in [0.05, 0.1) is 30.8 Å². The average Bonchev–Trinajstić information content (AvgIpc) is 3.11.